The molecule has 0 saturated carbocycles. The average molecular weight is 330 g/mol. The highest BCUT2D eigenvalue weighted by atomic mass is 79.9. The Kier molecular flexibility index (Phi) is 5.46. The van der Waals surface area contributed by atoms with Crippen molar-refractivity contribution in [3.8, 4) is 11.5 Å². The number of hydrogen-bond donors (Lipinski definition) is 0. The molecule has 0 aliphatic rings. The van der Waals surface area contributed by atoms with Gasteiger partial charge in [0.2, 0.25) is 0 Å². The fraction of sp³-hybridized carbons (Fsp3) is 0.455. The standard InChI is InChI=1S/C11H12BrClF2O2/c1-6(2)16-10-4-9(17-11(14)15)7(5-12)3-8(10)13/h3-4,6,11H,5H2,1-2H3. The van der Waals surface area contributed by atoms with Gasteiger partial charge in [0.25, 0.3) is 0 Å². The normalized spacial score (nSPS) is 11.1. The lowest BCUT2D eigenvalue weighted by atomic mass is 10.2. The largest absolute Gasteiger partial charge is 0.489 e. The number of alkyl halides is 3. The lowest BCUT2D eigenvalue weighted by molar-refractivity contribution is -0.0504. The van der Waals surface area contributed by atoms with Crippen LogP contribution >= 0.6 is 27.5 Å². The van der Waals surface area contributed by atoms with E-state index < -0.39 is 6.61 Å². The molecule has 1 rings (SSSR count). The highest BCUT2D eigenvalue weighted by Gasteiger charge is 2.14. The molecule has 0 spiro atoms. The maximum absolute atomic E-state index is 12.2. The molecular weight excluding hydrogens is 317 g/mol. The van der Waals surface area contributed by atoms with Crippen molar-refractivity contribution in [1.82, 2.24) is 0 Å². The Morgan fingerprint density at radius 2 is 1.88 bits per heavy atom. The van der Waals surface area contributed by atoms with Crippen LogP contribution in [-0.4, -0.2) is 12.7 Å². The van der Waals surface area contributed by atoms with Gasteiger partial charge in [0.05, 0.1) is 11.1 Å². The Morgan fingerprint density at radius 1 is 1.24 bits per heavy atom. The summed E-state index contributed by atoms with van der Waals surface area (Å²) in [4.78, 5) is 0. The number of benzene rings is 1. The first-order valence-electron chi connectivity index (χ1n) is 4.94. The zero-order valence-corrected chi connectivity index (χ0v) is 11.7. The first-order valence-corrected chi connectivity index (χ1v) is 6.43. The Hall–Kier alpha value is -0.550. The monoisotopic (exact) mass is 328 g/mol. The van der Waals surface area contributed by atoms with Crippen LogP contribution in [0.25, 0.3) is 0 Å². The van der Waals surface area contributed by atoms with Crippen molar-refractivity contribution in [2.45, 2.75) is 31.9 Å². The summed E-state index contributed by atoms with van der Waals surface area (Å²) >= 11 is 9.16. The summed E-state index contributed by atoms with van der Waals surface area (Å²) < 4.78 is 34.2. The molecule has 0 aliphatic heterocycles. The number of halogens is 4. The first-order chi connectivity index (χ1) is 7.93. The van der Waals surface area contributed by atoms with Crippen molar-refractivity contribution < 1.29 is 18.3 Å². The van der Waals surface area contributed by atoms with Crippen LogP contribution in [0.15, 0.2) is 12.1 Å². The van der Waals surface area contributed by atoms with E-state index >= 15 is 0 Å². The van der Waals surface area contributed by atoms with E-state index in [2.05, 4.69) is 20.7 Å². The average Bonchev–Trinajstić information content (AvgIpc) is 2.21. The maximum atomic E-state index is 12.2. The molecule has 96 valence electrons. The van der Waals surface area contributed by atoms with Gasteiger partial charge in [0, 0.05) is 17.0 Å². The van der Waals surface area contributed by atoms with Crippen LogP contribution in [0, 0.1) is 0 Å². The molecule has 0 aliphatic carbocycles. The zero-order chi connectivity index (χ0) is 13.0. The van der Waals surface area contributed by atoms with Crippen molar-refractivity contribution in [2.75, 3.05) is 0 Å². The molecule has 0 heterocycles. The van der Waals surface area contributed by atoms with Crippen LogP contribution in [0.2, 0.25) is 5.02 Å². The highest BCUT2D eigenvalue weighted by molar-refractivity contribution is 9.08. The second-order valence-corrected chi connectivity index (χ2v) is 4.54. The lowest BCUT2D eigenvalue weighted by Crippen LogP contribution is -2.08. The van der Waals surface area contributed by atoms with Gasteiger partial charge in [-0.05, 0) is 19.9 Å². The first kappa shape index (κ1) is 14.5. The van der Waals surface area contributed by atoms with E-state index in [-0.39, 0.29) is 11.9 Å². The molecule has 0 radical (unpaired) electrons. The molecule has 6 heteroatoms. The molecule has 17 heavy (non-hydrogen) atoms. The summed E-state index contributed by atoms with van der Waals surface area (Å²) in [6.07, 6.45) is -0.0956. The highest BCUT2D eigenvalue weighted by Crippen LogP contribution is 2.35. The van der Waals surface area contributed by atoms with Crippen molar-refractivity contribution in [3.05, 3.63) is 22.7 Å². The lowest BCUT2D eigenvalue weighted by Gasteiger charge is -2.15. The van der Waals surface area contributed by atoms with Crippen molar-refractivity contribution in [3.63, 3.8) is 0 Å². The minimum Gasteiger partial charge on any atom is -0.489 e. The summed E-state index contributed by atoms with van der Waals surface area (Å²) in [6.45, 7) is 0.769. The molecule has 0 bridgehead atoms. The van der Waals surface area contributed by atoms with Gasteiger partial charge < -0.3 is 9.47 Å². The second-order valence-electron chi connectivity index (χ2n) is 3.57. The smallest absolute Gasteiger partial charge is 0.387 e. The Labute approximate surface area is 112 Å². The molecular formula is C11H12BrClF2O2. The fourth-order valence-corrected chi connectivity index (χ4v) is 1.90. The van der Waals surface area contributed by atoms with Gasteiger partial charge in [-0.2, -0.15) is 8.78 Å². The number of hydrogen-bond acceptors (Lipinski definition) is 2. The van der Waals surface area contributed by atoms with E-state index in [1.165, 1.54) is 6.07 Å². The van der Waals surface area contributed by atoms with Crippen LogP contribution in [0.3, 0.4) is 0 Å². The van der Waals surface area contributed by atoms with Gasteiger partial charge in [-0.3, -0.25) is 0 Å². The molecule has 0 N–H and O–H groups in total. The van der Waals surface area contributed by atoms with Crippen LogP contribution in [0.1, 0.15) is 19.4 Å². The third-order valence-corrected chi connectivity index (χ3v) is 2.74. The van der Waals surface area contributed by atoms with Gasteiger partial charge >= 0.3 is 6.61 Å². The summed E-state index contributed by atoms with van der Waals surface area (Å²) in [7, 11) is 0. The molecule has 2 nitrogen and oxygen atoms in total. The third kappa shape index (κ3) is 4.32. The summed E-state index contributed by atoms with van der Waals surface area (Å²) in [5, 5.41) is 0.742. The maximum Gasteiger partial charge on any atom is 0.387 e. The second kappa shape index (κ2) is 6.40. The molecule has 0 saturated heterocycles. The van der Waals surface area contributed by atoms with E-state index in [0.29, 0.717) is 21.7 Å². The van der Waals surface area contributed by atoms with Gasteiger partial charge in [-0.1, -0.05) is 27.5 Å². The molecule has 0 amide bonds. The van der Waals surface area contributed by atoms with Gasteiger partial charge in [0.1, 0.15) is 11.5 Å². The molecule has 1 aromatic carbocycles. The minimum atomic E-state index is -2.87. The van der Waals surface area contributed by atoms with Gasteiger partial charge in [-0.15, -0.1) is 0 Å². The third-order valence-electron chi connectivity index (χ3n) is 1.84. The predicted molar refractivity (Wildman–Crippen MR) is 66.5 cm³/mol. The van der Waals surface area contributed by atoms with Crippen molar-refractivity contribution in [2.24, 2.45) is 0 Å². The SMILES string of the molecule is CC(C)Oc1cc(OC(F)F)c(CBr)cc1Cl. The molecule has 1 aromatic rings. The van der Waals surface area contributed by atoms with Crippen LogP contribution in [0.4, 0.5) is 8.78 Å². The quantitative estimate of drug-likeness (QED) is 0.734. The van der Waals surface area contributed by atoms with E-state index in [1.807, 2.05) is 13.8 Å². The van der Waals surface area contributed by atoms with Gasteiger partial charge in [-0.25, -0.2) is 0 Å². The summed E-state index contributed by atoms with van der Waals surface area (Å²) in [6, 6.07) is 2.93. The predicted octanol–water partition coefficient (Wildman–Crippen LogP) is 4.62. The van der Waals surface area contributed by atoms with Crippen LogP contribution in [-0.2, 0) is 5.33 Å². The molecule has 0 fully saturated rings. The van der Waals surface area contributed by atoms with E-state index in [1.54, 1.807) is 6.07 Å². The topological polar surface area (TPSA) is 18.5 Å². The summed E-state index contributed by atoms with van der Waals surface area (Å²) in [5.74, 6) is 0.402. The number of ether oxygens (including phenoxy) is 2. The van der Waals surface area contributed by atoms with E-state index in [9.17, 15) is 8.78 Å². The molecule has 0 atom stereocenters. The minimum absolute atomic E-state index is 0.0666. The van der Waals surface area contributed by atoms with Crippen molar-refractivity contribution in [1.29, 1.82) is 0 Å². The van der Waals surface area contributed by atoms with E-state index in [0.717, 1.165) is 0 Å². The Bertz CT molecular complexity index is 386. The fourth-order valence-electron chi connectivity index (χ4n) is 1.23. The van der Waals surface area contributed by atoms with E-state index in [4.69, 9.17) is 16.3 Å². The van der Waals surface area contributed by atoms with Crippen LogP contribution < -0.4 is 9.47 Å². The Morgan fingerprint density at radius 3 is 2.35 bits per heavy atom. The zero-order valence-electron chi connectivity index (χ0n) is 9.34. The van der Waals surface area contributed by atoms with Crippen LogP contribution in [0.5, 0.6) is 11.5 Å². The summed E-state index contributed by atoms with van der Waals surface area (Å²) in [5.41, 5.74) is 0.548. The molecule has 0 aromatic heterocycles. The Balaban J connectivity index is 3.08. The number of rotatable bonds is 5. The molecule has 0 unspecified atom stereocenters. The van der Waals surface area contributed by atoms with Crippen molar-refractivity contribution >= 4 is 27.5 Å². The van der Waals surface area contributed by atoms with Gasteiger partial charge in [0.15, 0.2) is 0 Å².